The van der Waals surface area contributed by atoms with Crippen LogP contribution in [0.3, 0.4) is 0 Å². The number of nitrogen functional groups attached to an aromatic ring is 1. The van der Waals surface area contributed by atoms with E-state index in [1.54, 1.807) is 34.6 Å². The summed E-state index contributed by atoms with van der Waals surface area (Å²) in [5.41, 5.74) is 3.99. The van der Waals surface area contributed by atoms with Crippen molar-refractivity contribution >= 4 is 58.7 Å². The maximum absolute atomic E-state index is 15.3. The quantitative estimate of drug-likeness (QED) is 0.133. The van der Waals surface area contributed by atoms with E-state index in [1.807, 2.05) is 0 Å². The highest BCUT2D eigenvalue weighted by molar-refractivity contribution is 8.13. The molecule has 1 aliphatic heterocycles. The van der Waals surface area contributed by atoms with Crippen molar-refractivity contribution in [3.8, 4) is 0 Å². The fraction of sp³-hybridized carbons (Fsp3) is 0.727. The van der Waals surface area contributed by atoms with Gasteiger partial charge in [0.15, 0.2) is 11.3 Å². The molecule has 0 spiro atoms. The van der Waals surface area contributed by atoms with E-state index in [0.29, 0.717) is 0 Å². The van der Waals surface area contributed by atoms with Crippen molar-refractivity contribution in [3.05, 3.63) is 22.7 Å². The second-order valence-corrected chi connectivity index (χ2v) is 14.9. The number of nitrogens with zero attached hydrogens (tertiary/aromatic N) is 2. The third-order valence-electron chi connectivity index (χ3n) is 5.14. The molecule has 0 saturated carbocycles. The highest BCUT2D eigenvalue weighted by atomic mass is 35.5. The van der Waals surface area contributed by atoms with E-state index in [2.05, 4.69) is 10.1 Å². The van der Waals surface area contributed by atoms with E-state index in [0.717, 1.165) is 22.5 Å². The van der Waals surface area contributed by atoms with Crippen molar-refractivity contribution in [1.82, 2.24) is 14.6 Å². The number of halogens is 2. The van der Waals surface area contributed by atoms with Gasteiger partial charge < -0.3 is 29.4 Å². The number of ether oxygens (including phenoxy) is 2. The molecule has 39 heavy (non-hydrogen) atoms. The molecule has 4 N–H and O–H groups in total. The fourth-order valence-corrected chi connectivity index (χ4v) is 6.69. The van der Waals surface area contributed by atoms with Crippen LogP contribution >= 0.6 is 30.0 Å². The standard InChI is InChI=1S/C22H35ClFN4O8PS2/c1-12(2)35-17(30)13(3)27-37(38,33-9-10-39-19(31)21(4,5)6)34-11-14-16(29)22(23,24)18(36-14)28-8-7-15(25)26-20(28)32/h7-8,12-14,16,18,29H,9-11H2,1-6H3,(H,27,38)(H2,25,26,32)/t13-,14-,16-,18-,22+,37-/m1/s1. The number of nitrogens with two attached hydrogens (primary N) is 1. The molecular weight excluding hydrogens is 598 g/mol. The predicted molar refractivity (Wildman–Crippen MR) is 149 cm³/mol. The van der Waals surface area contributed by atoms with Gasteiger partial charge in [-0.15, -0.1) is 0 Å². The highest BCUT2D eigenvalue weighted by Gasteiger charge is 2.58. The Balaban J connectivity index is 2.16. The van der Waals surface area contributed by atoms with Crippen LogP contribution in [0.1, 0.15) is 47.8 Å². The number of thioether (sulfide) groups is 1. The van der Waals surface area contributed by atoms with Gasteiger partial charge in [-0.2, -0.15) is 4.98 Å². The minimum absolute atomic E-state index is 0.0194. The number of carbonyl (C=O) groups excluding carboxylic acids is 2. The number of rotatable bonds is 12. The number of esters is 1. The van der Waals surface area contributed by atoms with E-state index in [1.165, 1.54) is 13.0 Å². The van der Waals surface area contributed by atoms with E-state index in [9.17, 15) is 19.5 Å². The van der Waals surface area contributed by atoms with Crippen molar-refractivity contribution in [3.63, 3.8) is 0 Å². The minimum atomic E-state index is -3.50. The second-order valence-electron chi connectivity index (χ2n) is 10.0. The number of hydrogen-bond donors (Lipinski definition) is 3. The van der Waals surface area contributed by atoms with Crippen LogP contribution in [0.15, 0.2) is 17.1 Å². The molecule has 0 aliphatic carbocycles. The number of nitrogens with one attached hydrogen (secondary N) is 1. The molecule has 2 heterocycles. The van der Waals surface area contributed by atoms with Gasteiger partial charge in [-0.1, -0.05) is 44.1 Å². The molecule has 1 aromatic heterocycles. The molecule has 1 aromatic rings. The minimum Gasteiger partial charge on any atom is -0.462 e. The molecule has 0 amide bonds. The molecule has 0 bridgehead atoms. The molecule has 1 saturated heterocycles. The Hall–Kier alpha value is -1.16. The largest absolute Gasteiger partial charge is 0.462 e. The number of carbonyl (C=O) groups is 2. The molecule has 1 fully saturated rings. The predicted octanol–water partition coefficient (Wildman–Crippen LogP) is 2.48. The Morgan fingerprint density at radius 1 is 1.41 bits per heavy atom. The van der Waals surface area contributed by atoms with Crippen LogP contribution in [0.25, 0.3) is 0 Å². The van der Waals surface area contributed by atoms with E-state index >= 15 is 4.39 Å². The highest BCUT2D eigenvalue weighted by Crippen LogP contribution is 2.48. The zero-order valence-electron chi connectivity index (χ0n) is 22.5. The Morgan fingerprint density at radius 2 is 2.05 bits per heavy atom. The smallest absolute Gasteiger partial charge is 0.351 e. The summed E-state index contributed by atoms with van der Waals surface area (Å²) in [7, 11) is 0. The van der Waals surface area contributed by atoms with Crippen LogP contribution < -0.4 is 16.5 Å². The lowest BCUT2D eigenvalue weighted by molar-refractivity contribution is -0.149. The summed E-state index contributed by atoms with van der Waals surface area (Å²) in [4.78, 5) is 40.3. The number of hydrogen-bond acceptors (Lipinski definition) is 12. The summed E-state index contributed by atoms with van der Waals surface area (Å²) in [6.45, 7) is 6.20. The summed E-state index contributed by atoms with van der Waals surface area (Å²) in [6.07, 6.45) is -4.33. The van der Waals surface area contributed by atoms with Crippen LogP contribution in [0.5, 0.6) is 0 Å². The Bertz CT molecular complexity index is 1140. The van der Waals surface area contributed by atoms with E-state index < -0.39 is 59.9 Å². The van der Waals surface area contributed by atoms with Crippen LogP contribution in [0.4, 0.5) is 10.2 Å². The number of aliphatic hydroxyl groups excluding tert-OH is 1. The molecule has 12 nitrogen and oxygen atoms in total. The van der Waals surface area contributed by atoms with Crippen LogP contribution in [-0.2, 0) is 39.9 Å². The third-order valence-corrected chi connectivity index (χ3v) is 9.46. The number of aromatic nitrogens is 2. The maximum Gasteiger partial charge on any atom is 0.351 e. The Labute approximate surface area is 240 Å². The summed E-state index contributed by atoms with van der Waals surface area (Å²) in [5, 5.41) is 10.4. The average Bonchev–Trinajstić information content (AvgIpc) is 3.03. The molecule has 17 heteroatoms. The first-order valence-electron chi connectivity index (χ1n) is 12.0. The van der Waals surface area contributed by atoms with Crippen molar-refractivity contribution in [1.29, 1.82) is 0 Å². The van der Waals surface area contributed by atoms with Gasteiger partial charge in [0, 0.05) is 17.4 Å². The van der Waals surface area contributed by atoms with Crippen LogP contribution in [0.2, 0.25) is 0 Å². The molecule has 0 aromatic carbocycles. The maximum atomic E-state index is 15.3. The molecule has 2 rings (SSSR count). The Morgan fingerprint density at radius 3 is 2.62 bits per heavy atom. The molecule has 0 radical (unpaired) electrons. The molecular formula is C22H35ClFN4O8PS2. The van der Waals surface area contributed by atoms with Gasteiger partial charge in [0.2, 0.25) is 0 Å². The first-order valence-corrected chi connectivity index (χ1v) is 16.0. The van der Waals surface area contributed by atoms with Crippen LogP contribution in [-0.4, -0.2) is 74.2 Å². The van der Waals surface area contributed by atoms with E-state index in [-0.39, 0.29) is 29.4 Å². The van der Waals surface area contributed by atoms with Gasteiger partial charge in [-0.25, -0.2) is 14.3 Å². The zero-order chi connectivity index (χ0) is 29.8. The lowest BCUT2D eigenvalue weighted by atomic mass is 10.00. The van der Waals surface area contributed by atoms with Gasteiger partial charge in [0.05, 0.1) is 19.3 Å². The molecule has 6 atom stereocenters. The van der Waals surface area contributed by atoms with Crippen LogP contribution in [0, 0.1) is 5.41 Å². The third kappa shape index (κ3) is 9.44. The van der Waals surface area contributed by atoms with Gasteiger partial charge in [0.25, 0.3) is 11.8 Å². The SMILES string of the molecule is CC(C)OC(=O)[C@@H](C)N[P@@](=S)(OCCSC(=O)C(C)(C)C)OC[C@H]1O[C@@H](n2ccc(N)nc2=O)[C@](F)(Cl)[C@@H]1O. The topological polar surface area (TPSA) is 164 Å². The summed E-state index contributed by atoms with van der Waals surface area (Å²) in [6, 6.07) is 0.294. The average molecular weight is 633 g/mol. The zero-order valence-corrected chi connectivity index (χ0v) is 25.7. The number of aliphatic hydroxyl groups is 1. The van der Waals surface area contributed by atoms with Crippen molar-refractivity contribution < 1.29 is 37.6 Å². The second kappa shape index (κ2) is 13.7. The van der Waals surface area contributed by atoms with Gasteiger partial charge >= 0.3 is 11.7 Å². The van der Waals surface area contributed by atoms with Gasteiger partial charge in [-0.3, -0.25) is 14.2 Å². The van der Waals surface area contributed by atoms with Gasteiger partial charge in [-0.05, 0) is 38.6 Å². The lowest BCUT2D eigenvalue weighted by Gasteiger charge is -2.28. The van der Waals surface area contributed by atoms with Crippen molar-refractivity contribution in [2.24, 2.45) is 5.41 Å². The summed E-state index contributed by atoms with van der Waals surface area (Å²) < 4.78 is 38.3. The number of anilines is 1. The Kier molecular flexibility index (Phi) is 11.9. The summed E-state index contributed by atoms with van der Waals surface area (Å²) >= 11 is 12.6. The van der Waals surface area contributed by atoms with Crippen molar-refractivity contribution in [2.45, 2.75) is 77.3 Å². The van der Waals surface area contributed by atoms with E-state index in [4.69, 9.17) is 47.7 Å². The first kappa shape index (κ1) is 34.0. The molecule has 222 valence electrons. The fourth-order valence-electron chi connectivity index (χ4n) is 3.13. The molecule has 1 aliphatic rings. The first-order chi connectivity index (χ1) is 17.9. The molecule has 0 unspecified atom stereocenters. The number of alkyl halides is 2. The summed E-state index contributed by atoms with van der Waals surface area (Å²) in [5.74, 6) is -0.457. The van der Waals surface area contributed by atoms with Crippen molar-refractivity contribution in [2.75, 3.05) is 24.7 Å². The monoisotopic (exact) mass is 632 g/mol. The lowest BCUT2D eigenvalue weighted by Crippen LogP contribution is -2.41. The normalized spacial score (nSPS) is 25.8. The van der Waals surface area contributed by atoms with Gasteiger partial charge in [0.1, 0.15) is 24.1 Å².